The van der Waals surface area contributed by atoms with Crippen molar-refractivity contribution in [1.82, 2.24) is 0 Å². The minimum atomic E-state index is -5.95. The molecule has 10 heteroatoms. The van der Waals surface area contributed by atoms with Crippen LogP contribution in [0.2, 0.25) is 0 Å². The van der Waals surface area contributed by atoms with Gasteiger partial charge in [-0.1, -0.05) is 17.7 Å². The lowest BCUT2D eigenvalue weighted by molar-refractivity contribution is -0.252. The molecule has 0 radical (unpaired) electrons. The van der Waals surface area contributed by atoms with E-state index in [1.165, 1.54) is 12.1 Å². The molecule has 0 heterocycles. The maximum absolute atomic E-state index is 13.1. The van der Waals surface area contributed by atoms with Gasteiger partial charge in [0, 0.05) is 0 Å². The minimum Gasteiger partial charge on any atom is -0.292 e. The molecule has 22 heavy (non-hydrogen) atoms. The van der Waals surface area contributed by atoms with E-state index in [1.807, 2.05) is 0 Å². The van der Waals surface area contributed by atoms with E-state index in [2.05, 4.69) is 0 Å². The lowest BCUT2D eigenvalue weighted by Crippen LogP contribution is -2.53. The number of sulfone groups is 1. The van der Waals surface area contributed by atoms with Crippen LogP contribution >= 0.6 is 0 Å². The van der Waals surface area contributed by atoms with Crippen molar-refractivity contribution < 1.29 is 39.6 Å². The van der Waals surface area contributed by atoms with Crippen LogP contribution in [0.3, 0.4) is 0 Å². The first-order chi connectivity index (χ1) is 9.82. The maximum Gasteiger partial charge on any atom is 0.376 e. The van der Waals surface area contributed by atoms with Crippen molar-refractivity contribution in [3.63, 3.8) is 0 Å². The predicted octanol–water partition coefficient (Wildman–Crippen LogP) is 2.87. The van der Waals surface area contributed by atoms with Crippen molar-refractivity contribution in [1.29, 1.82) is 0 Å². The van der Waals surface area contributed by atoms with Crippen molar-refractivity contribution in [2.75, 3.05) is 5.75 Å². The fourth-order valence-electron chi connectivity index (χ4n) is 1.42. The van der Waals surface area contributed by atoms with Crippen LogP contribution in [0.4, 0.5) is 26.3 Å². The molecule has 0 amide bonds. The molecule has 3 nitrogen and oxygen atoms in total. The molecule has 1 aromatic rings. The zero-order valence-corrected chi connectivity index (χ0v) is 11.8. The molecule has 0 fully saturated rings. The first-order valence-corrected chi connectivity index (χ1v) is 7.34. The smallest absolute Gasteiger partial charge is 0.292 e. The van der Waals surface area contributed by atoms with E-state index in [9.17, 15) is 39.6 Å². The van der Waals surface area contributed by atoms with Crippen molar-refractivity contribution in [3.05, 3.63) is 29.8 Å². The summed E-state index contributed by atoms with van der Waals surface area (Å²) in [5.41, 5.74) is 0.625. The van der Waals surface area contributed by atoms with Gasteiger partial charge in [-0.05, 0) is 19.1 Å². The molecule has 0 saturated heterocycles. The summed E-state index contributed by atoms with van der Waals surface area (Å²) in [4.78, 5) is 10.6. The maximum atomic E-state index is 13.1. The quantitative estimate of drug-likeness (QED) is 0.743. The van der Waals surface area contributed by atoms with Gasteiger partial charge in [0.2, 0.25) is 5.78 Å². The van der Waals surface area contributed by atoms with Crippen LogP contribution in [0.1, 0.15) is 5.56 Å². The Kier molecular flexibility index (Phi) is 4.95. The monoisotopic (exact) mass is 348 g/mol. The largest absolute Gasteiger partial charge is 0.376 e. The summed E-state index contributed by atoms with van der Waals surface area (Å²) < 4.78 is 98.9. The van der Waals surface area contributed by atoms with Crippen LogP contribution in [0.25, 0.3) is 0 Å². The molecular formula is C12H10F6O3S. The third kappa shape index (κ3) is 3.42. The third-order valence-corrected chi connectivity index (χ3v) is 4.38. The van der Waals surface area contributed by atoms with Gasteiger partial charge >= 0.3 is 18.3 Å². The summed E-state index contributed by atoms with van der Waals surface area (Å²) in [6, 6.07) is 4.56. The number of alkyl halides is 6. The average molecular weight is 348 g/mol. The molecule has 1 aromatic carbocycles. The fourth-order valence-corrected chi connectivity index (χ4v) is 2.66. The molecule has 0 aliphatic rings. The Labute approximate surface area is 121 Å². The summed E-state index contributed by atoms with van der Waals surface area (Å²) >= 11 is 0. The zero-order valence-electron chi connectivity index (χ0n) is 11.0. The van der Waals surface area contributed by atoms with Crippen LogP contribution < -0.4 is 0 Å². The Balaban J connectivity index is 3.08. The number of aryl methyl sites for hydroxylation is 1. The lowest BCUT2D eigenvalue weighted by atomic mass is 10.1. The van der Waals surface area contributed by atoms with Gasteiger partial charge in [-0.2, -0.15) is 17.6 Å². The van der Waals surface area contributed by atoms with Crippen molar-refractivity contribution in [2.45, 2.75) is 30.1 Å². The van der Waals surface area contributed by atoms with Gasteiger partial charge in [-0.3, -0.25) is 4.79 Å². The Hall–Kier alpha value is -1.58. The van der Waals surface area contributed by atoms with Crippen molar-refractivity contribution in [2.24, 2.45) is 0 Å². The van der Waals surface area contributed by atoms with Crippen LogP contribution in [-0.2, 0) is 14.6 Å². The number of hydrogen-bond acceptors (Lipinski definition) is 3. The number of Topliss-reactive ketones (excluding diaryl/α,β-unsaturated/α-hetero) is 1. The fraction of sp³-hybridized carbons (Fsp3) is 0.417. The molecule has 0 N–H and O–H groups in total. The van der Waals surface area contributed by atoms with E-state index in [1.54, 1.807) is 6.92 Å². The molecule has 124 valence electrons. The Morgan fingerprint density at radius 1 is 1.09 bits per heavy atom. The third-order valence-electron chi connectivity index (χ3n) is 2.74. The lowest BCUT2D eigenvalue weighted by Gasteiger charge is -2.24. The number of benzene rings is 1. The SMILES string of the molecule is Cc1ccc(S(=O)(=O)CC(=O)C(F)(F)C(F)(F)C(F)F)cc1. The second kappa shape index (κ2) is 5.90. The van der Waals surface area contributed by atoms with E-state index in [0.717, 1.165) is 12.1 Å². The zero-order chi connectivity index (χ0) is 17.3. The number of halogens is 6. The predicted molar refractivity (Wildman–Crippen MR) is 64.1 cm³/mol. The number of hydrogen-bond donors (Lipinski definition) is 0. The summed E-state index contributed by atoms with van der Waals surface area (Å²) in [5, 5.41) is 0. The highest BCUT2D eigenvalue weighted by molar-refractivity contribution is 7.92. The Morgan fingerprint density at radius 3 is 1.95 bits per heavy atom. The van der Waals surface area contributed by atoms with Gasteiger partial charge in [0.1, 0.15) is 5.75 Å². The molecule has 1 rings (SSSR count). The Bertz CT molecular complexity index is 652. The molecule has 0 unspecified atom stereocenters. The first kappa shape index (κ1) is 18.5. The van der Waals surface area contributed by atoms with E-state index >= 15 is 0 Å². The summed E-state index contributed by atoms with van der Waals surface area (Å²) in [6.07, 6.45) is -4.81. The second-order valence-corrected chi connectivity index (χ2v) is 6.48. The molecule has 0 bridgehead atoms. The van der Waals surface area contributed by atoms with Crippen LogP contribution in [0.5, 0.6) is 0 Å². The van der Waals surface area contributed by atoms with E-state index in [4.69, 9.17) is 0 Å². The van der Waals surface area contributed by atoms with Gasteiger partial charge in [0.25, 0.3) is 0 Å². The van der Waals surface area contributed by atoms with E-state index in [-0.39, 0.29) is 0 Å². The second-order valence-electron chi connectivity index (χ2n) is 4.49. The highest BCUT2D eigenvalue weighted by atomic mass is 32.2. The van der Waals surface area contributed by atoms with Gasteiger partial charge in [0.15, 0.2) is 9.84 Å². The highest BCUT2D eigenvalue weighted by Crippen LogP contribution is 2.40. The minimum absolute atomic E-state index is 0.553. The molecule has 0 aromatic heterocycles. The van der Waals surface area contributed by atoms with Gasteiger partial charge in [-0.15, -0.1) is 0 Å². The number of rotatable bonds is 6. The first-order valence-electron chi connectivity index (χ1n) is 5.69. The number of carbonyl (C=O) groups excluding carboxylic acids is 1. The highest BCUT2D eigenvalue weighted by Gasteiger charge is 2.67. The summed E-state index contributed by atoms with van der Waals surface area (Å²) in [7, 11) is -4.65. The molecule has 0 saturated carbocycles. The molecule has 0 atom stereocenters. The summed E-state index contributed by atoms with van der Waals surface area (Å²) in [5.74, 6) is -16.5. The summed E-state index contributed by atoms with van der Waals surface area (Å²) in [6.45, 7) is 1.60. The van der Waals surface area contributed by atoms with Crippen molar-refractivity contribution >= 4 is 15.6 Å². The molecular weight excluding hydrogens is 338 g/mol. The van der Waals surface area contributed by atoms with Crippen LogP contribution in [0.15, 0.2) is 29.2 Å². The normalized spacial score (nSPS) is 13.5. The number of carbonyl (C=O) groups is 1. The number of ketones is 1. The van der Waals surface area contributed by atoms with E-state index < -0.39 is 44.5 Å². The molecule has 0 aliphatic heterocycles. The van der Waals surface area contributed by atoms with Gasteiger partial charge in [-0.25, -0.2) is 17.2 Å². The van der Waals surface area contributed by atoms with Gasteiger partial charge < -0.3 is 0 Å². The standard InChI is InChI=1S/C12H10F6O3S/c1-7-2-4-8(5-3-7)22(20,21)6-9(19)11(15,16)12(17,18)10(13)14/h2-5,10H,6H2,1H3. The van der Waals surface area contributed by atoms with Crippen molar-refractivity contribution in [3.8, 4) is 0 Å². The van der Waals surface area contributed by atoms with E-state index in [0.29, 0.717) is 5.56 Å². The Morgan fingerprint density at radius 2 is 1.55 bits per heavy atom. The van der Waals surface area contributed by atoms with Crippen LogP contribution in [-0.4, -0.2) is 38.2 Å². The average Bonchev–Trinajstić information content (AvgIpc) is 2.38. The molecule has 0 spiro atoms. The topological polar surface area (TPSA) is 51.2 Å². The molecule has 0 aliphatic carbocycles. The van der Waals surface area contributed by atoms with Crippen LogP contribution in [0, 0.1) is 6.92 Å². The van der Waals surface area contributed by atoms with Gasteiger partial charge in [0.05, 0.1) is 4.90 Å².